The molecular formula is C23H25FN2. The van der Waals surface area contributed by atoms with Gasteiger partial charge in [-0.2, -0.15) is 0 Å². The predicted molar refractivity (Wildman–Crippen MR) is 104 cm³/mol. The predicted octanol–water partition coefficient (Wildman–Crippen LogP) is 5.24. The molecule has 3 aromatic rings. The van der Waals surface area contributed by atoms with E-state index in [1.54, 1.807) is 12.1 Å². The molecule has 0 amide bonds. The van der Waals surface area contributed by atoms with Gasteiger partial charge >= 0.3 is 0 Å². The van der Waals surface area contributed by atoms with Crippen molar-refractivity contribution in [3.8, 4) is 0 Å². The zero-order valence-electron chi connectivity index (χ0n) is 15.5. The lowest BCUT2D eigenvalue weighted by Crippen LogP contribution is -2.30. The first kappa shape index (κ1) is 17.0. The molecule has 0 saturated carbocycles. The maximum absolute atomic E-state index is 14.3. The Kier molecular flexibility index (Phi) is 4.64. The van der Waals surface area contributed by atoms with Gasteiger partial charge in [0.15, 0.2) is 0 Å². The molecule has 0 spiro atoms. The lowest BCUT2D eigenvalue weighted by atomic mass is 9.95. The first-order valence-corrected chi connectivity index (χ1v) is 9.33. The van der Waals surface area contributed by atoms with Gasteiger partial charge < -0.3 is 4.57 Å². The van der Waals surface area contributed by atoms with Crippen LogP contribution in [0.5, 0.6) is 0 Å². The van der Waals surface area contributed by atoms with E-state index in [1.807, 2.05) is 12.1 Å². The summed E-state index contributed by atoms with van der Waals surface area (Å²) in [6, 6.07) is 18.3. The van der Waals surface area contributed by atoms with Gasteiger partial charge in [-0.1, -0.05) is 42.0 Å². The molecule has 2 nitrogen and oxygen atoms in total. The molecule has 2 aromatic carbocycles. The molecule has 4 rings (SSSR count). The second-order valence-corrected chi connectivity index (χ2v) is 7.30. The van der Waals surface area contributed by atoms with Crippen LogP contribution in [-0.2, 0) is 13.1 Å². The second kappa shape index (κ2) is 7.08. The van der Waals surface area contributed by atoms with Crippen LogP contribution in [-0.4, -0.2) is 16.0 Å². The molecule has 1 aromatic heterocycles. The monoisotopic (exact) mass is 348 g/mol. The van der Waals surface area contributed by atoms with Crippen molar-refractivity contribution >= 4 is 0 Å². The molecule has 1 atom stereocenters. The Labute approximate surface area is 154 Å². The summed E-state index contributed by atoms with van der Waals surface area (Å²) in [4.78, 5) is 2.43. The fourth-order valence-corrected chi connectivity index (χ4v) is 4.07. The Morgan fingerprint density at radius 1 is 1.00 bits per heavy atom. The molecule has 1 aliphatic heterocycles. The Bertz CT molecular complexity index is 912. The number of hydrogen-bond acceptors (Lipinski definition) is 1. The van der Waals surface area contributed by atoms with Crippen molar-refractivity contribution in [1.29, 1.82) is 0 Å². The minimum Gasteiger partial charge on any atom is -0.350 e. The molecule has 0 bridgehead atoms. The molecule has 0 N–H and O–H groups in total. The summed E-state index contributed by atoms with van der Waals surface area (Å²) < 4.78 is 16.7. The topological polar surface area (TPSA) is 8.17 Å². The van der Waals surface area contributed by atoms with Crippen molar-refractivity contribution in [2.45, 2.75) is 39.4 Å². The Hall–Kier alpha value is -2.39. The molecule has 1 aliphatic rings. The first-order chi connectivity index (χ1) is 12.6. The highest BCUT2D eigenvalue weighted by atomic mass is 19.1. The number of benzene rings is 2. The van der Waals surface area contributed by atoms with Gasteiger partial charge in [-0.25, -0.2) is 4.39 Å². The average Bonchev–Trinajstić information content (AvgIpc) is 3.01. The van der Waals surface area contributed by atoms with Crippen LogP contribution in [0, 0.1) is 19.7 Å². The number of aryl methyl sites for hydroxylation is 3. The Morgan fingerprint density at radius 3 is 2.69 bits per heavy atom. The Morgan fingerprint density at radius 2 is 1.85 bits per heavy atom. The van der Waals surface area contributed by atoms with Gasteiger partial charge in [-0.05, 0) is 49.6 Å². The highest BCUT2D eigenvalue weighted by Gasteiger charge is 2.29. The lowest BCUT2D eigenvalue weighted by Gasteiger charge is -2.32. The fraction of sp³-hybridized carbons (Fsp3) is 0.304. The van der Waals surface area contributed by atoms with E-state index in [2.05, 4.69) is 59.8 Å². The quantitative estimate of drug-likeness (QED) is 0.628. The lowest BCUT2D eigenvalue weighted by molar-refractivity contribution is 0.217. The van der Waals surface area contributed by atoms with E-state index < -0.39 is 0 Å². The van der Waals surface area contributed by atoms with Crippen molar-refractivity contribution in [2.24, 2.45) is 0 Å². The van der Waals surface area contributed by atoms with E-state index in [4.69, 9.17) is 0 Å². The summed E-state index contributed by atoms with van der Waals surface area (Å²) in [5.74, 6) is -0.119. The third-order valence-electron chi connectivity index (χ3n) is 5.41. The highest BCUT2D eigenvalue weighted by Crippen LogP contribution is 2.35. The van der Waals surface area contributed by atoms with E-state index in [-0.39, 0.29) is 11.9 Å². The number of nitrogens with zero attached hydrogens (tertiary/aromatic N) is 2. The number of rotatable bonds is 3. The van der Waals surface area contributed by atoms with E-state index in [0.717, 1.165) is 25.1 Å². The van der Waals surface area contributed by atoms with Crippen LogP contribution >= 0.6 is 0 Å². The van der Waals surface area contributed by atoms with Gasteiger partial charge in [-0.3, -0.25) is 4.90 Å². The average molecular weight is 348 g/mol. The van der Waals surface area contributed by atoms with Crippen LogP contribution in [0.25, 0.3) is 0 Å². The number of fused-ring (bicyclic) bond motifs is 1. The van der Waals surface area contributed by atoms with Crippen LogP contribution in [0.15, 0.2) is 60.8 Å². The number of hydrogen-bond donors (Lipinski definition) is 0. The van der Waals surface area contributed by atoms with Crippen LogP contribution in [0.3, 0.4) is 0 Å². The maximum atomic E-state index is 14.3. The molecule has 26 heavy (non-hydrogen) atoms. The zero-order valence-corrected chi connectivity index (χ0v) is 15.5. The third-order valence-corrected chi connectivity index (χ3v) is 5.41. The zero-order chi connectivity index (χ0) is 18.1. The highest BCUT2D eigenvalue weighted by molar-refractivity contribution is 5.38. The molecule has 0 radical (unpaired) electrons. The van der Waals surface area contributed by atoms with Crippen LogP contribution in [0.2, 0.25) is 0 Å². The second-order valence-electron chi connectivity index (χ2n) is 7.30. The molecule has 0 aliphatic carbocycles. The van der Waals surface area contributed by atoms with E-state index in [0.29, 0.717) is 6.54 Å². The summed E-state index contributed by atoms with van der Waals surface area (Å²) in [5, 5.41) is 0. The first-order valence-electron chi connectivity index (χ1n) is 9.33. The molecule has 3 heteroatoms. The van der Waals surface area contributed by atoms with Gasteiger partial charge in [0.1, 0.15) is 5.82 Å². The van der Waals surface area contributed by atoms with Crippen molar-refractivity contribution in [2.75, 3.05) is 6.54 Å². The van der Waals surface area contributed by atoms with Crippen molar-refractivity contribution in [3.05, 3.63) is 94.6 Å². The largest absolute Gasteiger partial charge is 0.350 e. The molecule has 0 fully saturated rings. The minimum absolute atomic E-state index is 0.119. The van der Waals surface area contributed by atoms with Crippen LogP contribution < -0.4 is 0 Å². The van der Waals surface area contributed by atoms with Crippen molar-refractivity contribution in [3.63, 3.8) is 0 Å². The van der Waals surface area contributed by atoms with Gasteiger partial charge in [0.2, 0.25) is 0 Å². The minimum atomic E-state index is -0.119. The molecule has 0 unspecified atom stereocenters. The van der Waals surface area contributed by atoms with Crippen LogP contribution in [0.1, 0.15) is 40.4 Å². The molecule has 0 saturated heterocycles. The SMILES string of the molecule is Cc1ccc(C)c([C@H]2c3cccn3CCCN2Cc2ccccc2F)c1. The van der Waals surface area contributed by atoms with E-state index >= 15 is 0 Å². The van der Waals surface area contributed by atoms with Crippen molar-refractivity contribution in [1.82, 2.24) is 9.47 Å². The summed E-state index contributed by atoms with van der Waals surface area (Å²) in [5.41, 5.74) is 5.94. The van der Waals surface area contributed by atoms with Gasteiger partial charge in [0, 0.05) is 37.1 Å². The smallest absolute Gasteiger partial charge is 0.127 e. The number of aromatic nitrogens is 1. The fourth-order valence-electron chi connectivity index (χ4n) is 4.07. The Balaban J connectivity index is 1.81. The molecule has 2 heterocycles. The summed E-state index contributed by atoms with van der Waals surface area (Å²) in [7, 11) is 0. The van der Waals surface area contributed by atoms with Gasteiger partial charge in [0.25, 0.3) is 0 Å². The standard InChI is InChI=1S/C23H25FN2/c1-17-10-11-18(2)20(15-17)23-22-9-5-12-25(22)13-6-14-26(23)16-19-7-3-4-8-21(19)24/h3-5,7-12,15,23H,6,13-14,16H2,1-2H3/t23-/m0/s1. The maximum Gasteiger partial charge on any atom is 0.127 e. The summed E-state index contributed by atoms with van der Waals surface area (Å²) >= 11 is 0. The van der Waals surface area contributed by atoms with Crippen molar-refractivity contribution < 1.29 is 4.39 Å². The van der Waals surface area contributed by atoms with E-state index in [9.17, 15) is 4.39 Å². The summed E-state index contributed by atoms with van der Waals surface area (Å²) in [6.07, 6.45) is 3.23. The third kappa shape index (κ3) is 3.19. The number of halogens is 1. The molecule has 134 valence electrons. The van der Waals surface area contributed by atoms with Crippen LogP contribution in [0.4, 0.5) is 4.39 Å². The normalized spacial score (nSPS) is 17.7. The van der Waals surface area contributed by atoms with Gasteiger partial charge in [-0.15, -0.1) is 0 Å². The van der Waals surface area contributed by atoms with E-state index in [1.165, 1.54) is 22.4 Å². The van der Waals surface area contributed by atoms with Gasteiger partial charge in [0.05, 0.1) is 6.04 Å². The molecular weight excluding hydrogens is 323 g/mol. The summed E-state index contributed by atoms with van der Waals surface area (Å²) in [6.45, 7) is 6.90.